The highest BCUT2D eigenvalue weighted by atomic mass is 16.5. The lowest BCUT2D eigenvalue weighted by atomic mass is 10.1. The number of methoxy groups -OCH3 is 1. The van der Waals surface area contributed by atoms with Crippen molar-refractivity contribution in [2.24, 2.45) is 0 Å². The summed E-state index contributed by atoms with van der Waals surface area (Å²) in [5.74, 6) is 0.677. The number of benzene rings is 3. The van der Waals surface area contributed by atoms with Gasteiger partial charge in [-0.05, 0) is 42.8 Å². The summed E-state index contributed by atoms with van der Waals surface area (Å²) in [6, 6.07) is 25.3. The molecule has 4 aromatic rings. The van der Waals surface area contributed by atoms with Crippen LogP contribution in [-0.4, -0.2) is 22.6 Å². The van der Waals surface area contributed by atoms with Crippen molar-refractivity contribution in [2.75, 3.05) is 12.4 Å². The predicted octanol–water partition coefficient (Wildman–Crippen LogP) is 4.66. The van der Waals surface area contributed by atoms with Crippen LogP contribution in [0.4, 0.5) is 5.69 Å². The van der Waals surface area contributed by atoms with E-state index < -0.39 is 6.10 Å². The Labute approximate surface area is 163 Å². The van der Waals surface area contributed by atoms with Crippen molar-refractivity contribution >= 4 is 22.6 Å². The highest BCUT2D eigenvalue weighted by Crippen LogP contribution is 2.25. The van der Waals surface area contributed by atoms with E-state index in [-0.39, 0.29) is 5.91 Å². The molecule has 5 nitrogen and oxygen atoms in total. The second-order valence-electron chi connectivity index (χ2n) is 6.55. The summed E-state index contributed by atoms with van der Waals surface area (Å²) in [4.78, 5) is 17.4. The maximum atomic E-state index is 12.7. The van der Waals surface area contributed by atoms with E-state index in [9.17, 15) is 4.79 Å². The number of fused-ring (bicyclic) bond motifs is 1. The van der Waals surface area contributed by atoms with Crippen molar-refractivity contribution in [3.8, 4) is 5.69 Å². The van der Waals surface area contributed by atoms with Gasteiger partial charge in [0.15, 0.2) is 6.10 Å². The largest absolute Gasteiger partial charge is 0.367 e. The Hall–Kier alpha value is -3.44. The molecule has 1 atom stereocenters. The zero-order valence-corrected chi connectivity index (χ0v) is 15.8. The van der Waals surface area contributed by atoms with Crippen LogP contribution in [0.2, 0.25) is 0 Å². The summed E-state index contributed by atoms with van der Waals surface area (Å²) in [7, 11) is 1.53. The van der Waals surface area contributed by atoms with Gasteiger partial charge in [-0.1, -0.05) is 48.5 Å². The van der Waals surface area contributed by atoms with Gasteiger partial charge in [-0.15, -0.1) is 0 Å². The molecule has 0 radical (unpaired) electrons. The van der Waals surface area contributed by atoms with Gasteiger partial charge in [0.25, 0.3) is 5.91 Å². The van der Waals surface area contributed by atoms with Gasteiger partial charge in [-0.3, -0.25) is 9.36 Å². The zero-order valence-electron chi connectivity index (χ0n) is 15.8. The van der Waals surface area contributed by atoms with Gasteiger partial charge in [0.05, 0.1) is 11.0 Å². The molecule has 1 amide bonds. The minimum absolute atomic E-state index is 0.215. The number of amides is 1. The second kappa shape index (κ2) is 7.66. The molecule has 0 saturated carbocycles. The molecule has 1 aromatic heterocycles. The summed E-state index contributed by atoms with van der Waals surface area (Å²) in [6.45, 7) is 1.97. The van der Waals surface area contributed by atoms with E-state index in [1.54, 1.807) is 0 Å². The molecule has 1 unspecified atom stereocenters. The quantitative estimate of drug-likeness (QED) is 0.555. The number of para-hydroxylation sites is 1. The minimum atomic E-state index is -0.666. The van der Waals surface area contributed by atoms with Crippen LogP contribution in [0, 0.1) is 6.92 Å². The first kappa shape index (κ1) is 17.9. The van der Waals surface area contributed by atoms with Crippen LogP contribution in [0.3, 0.4) is 0 Å². The number of imidazole rings is 1. The Kier molecular flexibility index (Phi) is 4.91. The number of ether oxygens (including phenoxy) is 1. The first-order chi connectivity index (χ1) is 13.7. The number of hydrogen-bond donors (Lipinski definition) is 1. The lowest BCUT2D eigenvalue weighted by Gasteiger charge is -2.15. The van der Waals surface area contributed by atoms with Gasteiger partial charge in [0, 0.05) is 18.5 Å². The summed E-state index contributed by atoms with van der Waals surface area (Å²) >= 11 is 0. The molecular formula is C23H21N3O2. The third-order valence-electron chi connectivity index (χ3n) is 4.68. The number of carbonyl (C=O) groups excluding carboxylic acids is 1. The Morgan fingerprint density at radius 1 is 1.00 bits per heavy atom. The summed E-state index contributed by atoms with van der Waals surface area (Å²) in [5.41, 5.74) is 4.38. The topological polar surface area (TPSA) is 56.1 Å². The van der Waals surface area contributed by atoms with Gasteiger partial charge in [0.2, 0.25) is 0 Å². The van der Waals surface area contributed by atoms with Gasteiger partial charge in [0.1, 0.15) is 5.82 Å². The molecule has 4 rings (SSSR count). The van der Waals surface area contributed by atoms with E-state index in [4.69, 9.17) is 4.74 Å². The number of nitrogens with zero attached hydrogens (tertiary/aromatic N) is 2. The normalized spacial score (nSPS) is 12.1. The zero-order chi connectivity index (χ0) is 19.5. The van der Waals surface area contributed by atoms with Crippen LogP contribution in [0.5, 0.6) is 0 Å². The number of aryl methyl sites for hydroxylation is 1. The third-order valence-corrected chi connectivity index (χ3v) is 4.68. The minimum Gasteiger partial charge on any atom is -0.367 e. The maximum absolute atomic E-state index is 12.7. The van der Waals surface area contributed by atoms with Crippen molar-refractivity contribution in [1.29, 1.82) is 0 Å². The first-order valence-electron chi connectivity index (χ1n) is 9.10. The molecule has 3 aromatic carbocycles. The number of hydrogen-bond acceptors (Lipinski definition) is 3. The van der Waals surface area contributed by atoms with Gasteiger partial charge in [-0.25, -0.2) is 4.98 Å². The standard InChI is InChI=1S/C23H21N3O2/c1-16-24-20-15-18(13-14-21(20)26(16)19-11-7-4-8-12-19)25-23(27)22(28-2)17-9-5-3-6-10-17/h3-15,22H,1-2H3,(H,25,27). The Morgan fingerprint density at radius 3 is 2.36 bits per heavy atom. The SMILES string of the molecule is COC(C(=O)Nc1ccc2c(c1)nc(C)n2-c1ccccc1)c1ccccc1. The van der Waals surface area contributed by atoms with Crippen LogP contribution in [-0.2, 0) is 9.53 Å². The highest BCUT2D eigenvalue weighted by molar-refractivity contribution is 5.96. The molecule has 1 heterocycles. The summed E-state index contributed by atoms with van der Waals surface area (Å²) in [6.07, 6.45) is -0.666. The van der Waals surface area contributed by atoms with Crippen molar-refractivity contribution in [1.82, 2.24) is 9.55 Å². The molecule has 0 fully saturated rings. The molecule has 0 aliphatic carbocycles. The number of aromatic nitrogens is 2. The van der Waals surface area contributed by atoms with Gasteiger partial charge >= 0.3 is 0 Å². The smallest absolute Gasteiger partial charge is 0.258 e. The lowest BCUT2D eigenvalue weighted by Crippen LogP contribution is -2.22. The molecule has 0 bridgehead atoms. The van der Waals surface area contributed by atoms with E-state index in [1.165, 1.54) is 7.11 Å². The van der Waals surface area contributed by atoms with Gasteiger partial charge in [-0.2, -0.15) is 0 Å². The molecule has 0 saturated heterocycles. The molecule has 1 N–H and O–H groups in total. The van der Waals surface area contributed by atoms with Crippen LogP contribution in [0.25, 0.3) is 16.7 Å². The number of nitrogens with one attached hydrogen (secondary N) is 1. The second-order valence-corrected chi connectivity index (χ2v) is 6.55. The average Bonchev–Trinajstić information content (AvgIpc) is 3.05. The van der Waals surface area contributed by atoms with Crippen molar-refractivity contribution in [2.45, 2.75) is 13.0 Å². The van der Waals surface area contributed by atoms with E-state index in [2.05, 4.69) is 14.9 Å². The van der Waals surface area contributed by atoms with Crippen LogP contribution in [0.15, 0.2) is 78.9 Å². The van der Waals surface area contributed by atoms with Crippen LogP contribution in [0.1, 0.15) is 17.5 Å². The molecule has 0 spiro atoms. The molecular weight excluding hydrogens is 350 g/mol. The fraction of sp³-hybridized carbons (Fsp3) is 0.130. The summed E-state index contributed by atoms with van der Waals surface area (Å²) < 4.78 is 7.51. The molecule has 140 valence electrons. The number of carbonyl (C=O) groups is 1. The molecule has 5 heteroatoms. The fourth-order valence-corrected chi connectivity index (χ4v) is 3.41. The summed E-state index contributed by atoms with van der Waals surface area (Å²) in [5, 5.41) is 2.94. The van der Waals surface area contributed by atoms with Crippen molar-refractivity contribution < 1.29 is 9.53 Å². The van der Waals surface area contributed by atoms with Crippen molar-refractivity contribution in [3.63, 3.8) is 0 Å². The lowest BCUT2D eigenvalue weighted by molar-refractivity contribution is -0.126. The third kappa shape index (κ3) is 3.40. The predicted molar refractivity (Wildman–Crippen MR) is 111 cm³/mol. The molecule has 0 aliphatic rings. The number of rotatable bonds is 5. The van der Waals surface area contributed by atoms with Gasteiger partial charge < -0.3 is 10.1 Å². The first-order valence-corrected chi connectivity index (χ1v) is 9.10. The van der Waals surface area contributed by atoms with E-state index >= 15 is 0 Å². The Balaban J connectivity index is 1.63. The maximum Gasteiger partial charge on any atom is 0.258 e. The van der Waals surface area contributed by atoms with E-state index in [1.807, 2.05) is 85.8 Å². The van der Waals surface area contributed by atoms with E-state index in [0.29, 0.717) is 5.69 Å². The monoisotopic (exact) mass is 371 g/mol. The van der Waals surface area contributed by atoms with Crippen molar-refractivity contribution in [3.05, 3.63) is 90.3 Å². The molecule has 0 aliphatic heterocycles. The van der Waals surface area contributed by atoms with Crippen LogP contribution >= 0.6 is 0 Å². The fourth-order valence-electron chi connectivity index (χ4n) is 3.41. The Bertz CT molecular complexity index is 1100. The Morgan fingerprint density at radius 2 is 1.68 bits per heavy atom. The highest BCUT2D eigenvalue weighted by Gasteiger charge is 2.20. The van der Waals surface area contributed by atoms with E-state index in [0.717, 1.165) is 28.1 Å². The van der Waals surface area contributed by atoms with Crippen LogP contribution < -0.4 is 5.32 Å². The molecule has 28 heavy (non-hydrogen) atoms. The number of anilines is 1. The average molecular weight is 371 g/mol.